The van der Waals surface area contributed by atoms with E-state index in [0.717, 1.165) is 30.4 Å². The third kappa shape index (κ3) is 2.29. The Bertz CT molecular complexity index is 578. The molecule has 2 aromatic rings. The number of rotatable bonds is 4. The van der Waals surface area contributed by atoms with Gasteiger partial charge in [0.15, 0.2) is 12.1 Å². The SMILES string of the molecule is CCCc1nn(-c2cc(C)ccn2)c(Cl)c1C=O. The van der Waals surface area contributed by atoms with Gasteiger partial charge in [0, 0.05) is 6.20 Å². The zero-order valence-electron chi connectivity index (χ0n) is 10.4. The molecule has 0 spiro atoms. The molecule has 0 unspecified atom stereocenters. The average molecular weight is 264 g/mol. The number of aryl methyl sites for hydroxylation is 2. The van der Waals surface area contributed by atoms with Crippen LogP contribution in [-0.4, -0.2) is 21.1 Å². The Labute approximate surface area is 111 Å². The lowest BCUT2D eigenvalue weighted by Crippen LogP contribution is -2.00. The van der Waals surface area contributed by atoms with Crippen LogP contribution < -0.4 is 0 Å². The molecule has 0 atom stereocenters. The molecule has 18 heavy (non-hydrogen) atoms. The monoisotopic (exact) mass is 263 g/mol. The summed E-state index contributed by atoms with van der Waals surface area (Å²) in [5.41, 5.74) is 2.25. The van der Waals surface area contributed by atoms with Crippen molar-refractivity contribution in [3.05, 3.63) is 40.3 Å². The van der Waals surface area contributed by atoms with Gasteiger partial charge in [-0.05, 0) is 31.0 Å². The summed E-state index contributed by atoms with van der Waals surface area (Å²) in [5.74, 6) is 0.630. The Kier molecular flexibility index (Phi) is 3.77. The van der Waals surface area contributed by atoms with Gasteiger partial charge in [0.25, 0.3) is 0 Å². The maximum atomic E-state index is 11.1. The molecule has 0 aliphatic carbocycles. The minimum Gasteiger partial charge on any atom is -0.298 e. The molecule has 2 aromatic heterocycles. The number of aromatic nitrogens is 3. The number of halogens is 1. The lowest BCUT2D eigenvalue weighted by molar-refractivity contribution is 0.112. The van der Waals surface area contributed by atoms with Crippen LogP contribution in [-0.2, 0) is 6.42 Å². The molecule has 0 fully saturated rings. The number of nitrogens with zero attached hydrogens (tertiary/aromatic N) is 3. The van der Waals surface area contributed by atoms with Gasteiger partial charge in [-0.25, -0.2) is 9.67 Å². The van der Waals surface area contributed by atoms with Crippen LogP contribution >= 0.6 is 11.6 Å². The quantitative estimate of drug-likeness (QED) is 0.797. The Balaban J connectivity index is 2.54. The fourth-order valence-electron chi connectivity index (χ4n) is 1.78. The van der Waals surface area contributed by atoms with E-state index in [0.29, 0.717) is 16.5 Å². The minimum absolute atomic E-state index is 0.326. The van der Waals surface area contributed by atoms with Gasteiger partial charge in [0.05, 0.1) is 11.3 Å². The lowest BCUT2D eigenvalue weighted by Gasteiger charge is -2.02. The van der Waals surface area contributed by atoms with Gasteiger partial charge in [0.1, 0.15) is 5.15 Å². The van der Waals surface area contributed by atoms with E-state index in [1.165, 1.54) is 4.68 Å². The highest BCUT2D eigenvalue weighted by Gasteiger charge is 2.16. The highest BCUT2D eigenvalue weighted by Crippen LogP contribution is 2.22. The second kappa shape index (κ2) is 5.31. The third-order valence-electron chi connectivity index (χ3n) is 2.66. The largest absolute Gasteiger partial charge is 0.298 e. The van der Waals surface area contributed by atoms with Crippen LogP contribution in [0.3, 0.4) is 0 Å². The molecule has 2 heterocycles. The van der Waals surface area contributed by atoms with Gasteiger partial charge >= 0.3 is 0 Å². The first kappa shape index (κ1) is 12.8. The van der Waals surface area contributed by atoms with Crippen LogP contribution in [0.25, 0.3) is 5.82 Å². The van der Waals surface area contributed by atoms with Crippen LogP contribution in [0.4, 0.5) is 0 Å². The molecule has 0 N–H and O–H groups in total. The van der Waals surface area contributed by atoms with Crippen molar-refractivity contribution in [3.63, 3.8) is 0 Å². The summed E-state index contributed by atoms with van der Waals surface area (Å²) in [6, 6.07) is 3.78. The minimum atomic E-state index is 0.326. The molecular formula is C13H14ClN3O. The average Bonchev–Trinajstić information content (AvgIpc) is 2.66. The summed E-state index contributed by atoms with van der Waals surface area (Å²) in [6.45, 7) is 4.00. The number of carbonyl (C=O) groups excluding carboxylic acids is 1. The van der Waals surface area contributed by atoms with Crippen molar-refractivity contribution in [2.45, 2.75) is 26.7 Å². The van der Waals surface area contributed by atoms with Crippen molar-refractivity contribution in [1.29, 1.82) is 0 Å². The molecule has 5 heteroatoms. The van der Waals surface area contributed by atoms with E-state index in [4.69, 9.17) is 11.6 Å². The van der Waals surface area contributed by atoms with Crippen molar-refractivity contribution in [1.82, 2.24) is 14.8 Å². The molecule has 0 bridgehead atoms. The topological polar surface area (TPSA) is 47.8 Å². The fourth-order valence-corrected chi connectivity index (χ4v) is 2.06. The summed E-state index contributed by atoms with van der Waals surface area (Å²) in [6.07, 6.45) is 4.09. The van der Waals surface area contributed by atoms with E-state index in [9.17, 15) is 4.79 Å². The number of hydrogen-bond donors (Lipinski definition) is 0. The van der Waals surface area contributed by atoms with Gasteiger partial charge in [-0.15, -0.1) is 0 Å². The maximum absolute atomic E-state index is 11.1. The van der Waals surface area contributed by atoms with E-state index in [2.05, 4.69) is 10.1 Å². The van der Waals surface area contributed by atoms with Crippen LogP contribution in [0, 0.1) is 6.92 Å². The summed E-state index contributed by atoms with van der Waals surface area (Å²) < 4.78 is 1.52. The van der Waals surface area contributed by atoms with E-state index in [1.54, 1.807) is 6.20 Å². The summed E-state index contributed by atoms with van der Waals surface area (Å²) >= 11 is 6.18. The molecule has 0 saturated heterocycles. The van der Waals surface area contributed by atoms with Crippen LogP contribution in [0.1, 0.15) is 35.0 Å². The van der Waals surface area contributed by atoms with Crippen LogP contribution in [0.15, 0.2) is 18.3 Å². The molecule has 2 rings (SSSR count). The molecule has 0 aromatic carbocycles. The van der Waals surface area contributed by atoms with Crippen molar-refractivity contribution in [2.24, 2.45) is 0 Å². The molecular weight excluding hydrogens is 250 g/mol. The van der Waals surface area contributed by atoms with Gasteiger partial charge < -0.3 is 0 Å². The summed E-state index contributed by atoms with van der Waals surface area (Å²) in [4.78, 5) is 15.3. The Morgan fingerprint density at radius 2 is 2.28 bits per heavy atom. The summed E-state index contributed by atoms with van der Waals surface area (Å²) in [7, 11) is 0. The maximum Gasteiger partial charge on any atom is 0.155 e. The molecule has 0 aliphatic rings. The zero-order chi connectivity index (χ0) is 13.1. The zero-order valence-corrected chi connectivity index (χ0v) is 11.1. The highest BCUT2D eigenvalue weighted by molar-refractivity contribution is 6.32. The van der Waals surface area contributed by atoms with Gasteiger partial charge in [-0.1, -0.05) is 24.9 Å². The first-order valence-electron chi connectivity index (χ1n) is 5.83. The number of carbonyl (C=O) groups is 1. The summed E-state index contributed by atoms with van der Waals surface area (Å²) in [5, 5.41) is 4.70. The standard InChI is InChI=1S/C13H14ClN3O/c1-3-4-11-10(8-18)13(14)17(16-11)12-7-9(2)5-6-15-12/h5-8H,3-4H2,1-2H3. The Morgan fingerprint density at radius 1 is 1.50 bits per heavy atom. The smallest absolute Gasteiger partial charge is 0.155 e. The first-order valence-corrected chi connectivity index (χ1v) is 6.20. The second-order valence-corrected chi connectivity index (χ2v) is 4.48. The van der Waals surface area contributed by atoms with Gasteiger partial charge in [-0.2, -0.15) is 5.10 Å². The third-order valence-corrected chi connectivity index (χ3v) is 3.03. The van der Waals surface area contributed by atoms with E-state index in [1.807, 2.05) is 26.0 Å². The van der Waals surface area contributed by atoms with Crippen molar-refractivity contribution >= 4 is 17.9 Å². The normalized spacial score (nSPS) is 10.6. The fraction of sp³-hybridized carbons (Fsp3) is 0.308. The van der Waals surface area contributed by atoms with Gasteiger partial charge in [-0.3, -0.25) is 4.79 Å². The predicted molar refractivity (Wildman–Crippen MR) is 70.5 cm³/mol. The number of pyridine rings is 1. The van der Waals surface area contributed by atoms with Crippen molar-refractivity contribution < 1.29 is 4.79 Å². The lowest BCUT2D eigenvalue weighted by atomic mass is 10.2. The van der Waals surface area contributed by atoms with E-state index in [-0.39, 0.29) is 0 Å². The van der Waals surface area contributed by atoms with Crippen LogP contribution in [0.2, 0.25) is 5.15 Å². The Hall–Kier alpha value is -1.68. The highest BCUT2D eigenvalue weighted by atomic mass is 35.5. The predicted octanol–water partition coefficient (Wildman–Crippen LogP) is 2.99. The number of aldehydes is 1. The molecule has 0 saturated carbocycles. The molecule has 4 nitrogen and oxygen atoms in total. The molecule has 0 aliphatic heterocycles. The van der Waals surface area contributed by atoms with Crippen LogP contribution in [0.5, 0.6) is 0 Å². The van der Waals surface area contributed by atoms with Gasteiger partial charge in [0.2, 0.25) is 0 Å². The Morgan fingerprint density at radius 3 is 2.89 bits per heavy atom. The van der Waals surface area contributed by atoms with E-state index < -0.39 is 0 Å². The molecule has 0 amide bonds. The first-order chi connectivity index (χ1) is 8.67. The second-order valence-electron chi connectivity index (χ2n) is 4.12. The molecule has 94 valence electrons. The van der Waals surface area contributed by atoms with Crippen molar-refractivity contribution in [3.8, 4) is 5.82 Å². The number of hydrogen-bond acceptors (Lipinski definition) is 3. The molecule has 0 radical (unpaired) electrons. The van der Waals surface area contributed by atoms with E-state index >= 15 is 0 Å². The van der Waals surface area contributed by atoms with Crippen molar-refractivity contribution in [2.75, 3.05) is 0 Å².